The molecule has 0 aliphatic heterocycles. The molecular formula is C14H21NO5S. The number of sulfonamides is 1. The fourth-order valence-electron chi connectivity index (χ4n) is 1.89. The summed E-state index contributed by atoms with van der Waals surface area (Å²) in [5.41, 5.74) is 1.02. The first-order valence-electron chi connectivity index (χ1n) is 6.71. The zero-order chi connectivity index (χ0) is 16.0. The van der Waals surface area contributed by atoms with E-state index >= 15 is 0 Å². The van der Waals surface area contributed by atoms with Crippen molar-refractivity contribution in [2.75, 3.05) is 6.61 Å². The highest BCUT2D eigenvalue weighted by Gasteiger charge is 2.24. The minimum absolute atomic E-state index is 0.0131. The molecule has 0 spiro atoms. The van der Waals surface area contributed by atoms with E-state index in [1.54, 1.807) is 12.1 Å². The predicted octanol–water partition coefficient (Wildman–Crippen LogP) is 0.999. The first-order chi connectivity index (χ1) is 9.76. The fourth-order valence-corrected chi connectivity index (χ4v) is 3.12. The maximum absolute atomic E-state index is 12.1. The van der Waals surface area contributed by atoms with Crippen LogP contribution in [-0.4, -0.2) is 37.2 Å². The van der Waals surface area contributed by atoms with Crippen molar-refractivity contribution in [3.63, 3.8) is 0 Å². The summed E-state index contributed by atoms with van der Waals surface area (Å²) in [4.78, 5) is 10.9. The number of carbonyl (C=O) groups is 1. The van der Waals surface area contributed by atoms with Crippen LogP contribution < -0.4 is 4.72 Å². The number of hydrogen-bond donors (Lipinski definition) is 3. The predicted molar refractivity (Wildman–Crippen MR) is 78.4 cm³/mol. The minimum Gasteiger partial charge on any atom is -0.480 e. The molecule has 0 aliphatic carbocycles. The van der Waals surface area contributed by atoms with Crippen LogP contribution in [-0.2, 0) is 21.2 Å². The summed E-state index contributed by atoms with van der Waals surface area (Å²) < 4.78 is 26.3. The number of aliphatic hydroxyl groups is 1. The van der Waals surface area contributed by atoms with E-state index in [2.05, 4.69) is 18.6 Å². The van der Waals surface area contributed by atoms with Crippen molar-refractivity contribution >= 4 is 16.0 Å². The largest absolute Gasteiger partial charge is 0.480 e. The van der Waals surface area contributed by atoms with Gasteiger partial charge in [0.15, 0.2) is 0 Å². The van der Waals surface area contributed by atoms with Gasteiger partial charge in [-0.15, -0.1) is 0 Å². The normalized spacial score (nSPS) is 13.3. The van der Waals surface area contributed by atoms with E-state index in [0.29, 0.717) is 5.92 Å². The Balaban J connectivity index is 2.89. The zero-order valence-corrected chi connectivity index (χ0v) is 12.9. The molecule has 0 saturated carbocycles. The maximum Gasteiger partial charge on any atom is 0.321 e. The molecule has 0 unspecified atom stereocenters. The minimum atomic E-state index is -3.91. The number of carboxylic acid groups (broad SMARTS) is 1. The molecule has 0 amide bonds. The van der Waals surface area contributed by atoms with E-state index in [-0.39, 0.29) is 11.3 Å². The number of aliphatic hydroxyl groups excluding tert-OH is 1. The van der Waals surface area contributed by atoms with Crippen LogP contribution in [0.1, 0.15) is 25.8 Å². The van der Waals surface area contributed by atoms with Gasteiger partial charge in [0.2, 0.25) is 10.0 Å². The lowest BCUT2D eigenvalue weighted by molar-refractivity contribution is -0.139. The van der Waals surface area contributed by atoms with Crippen LogP contribution >= 0.6 is 0 Å². The highest BCUT2D eigenvalue weighted by Crippen LogP contribution is 2.14. The van der Waals surface area contributed by atoms with Crippen molar-refractivity contribution in [1.82, 2.24) is 4.72 Å². The van der Waals surface area contributed by atoms with Crippen molar-refractivity contribution in [3.05, 3.63) is 29.8 Å². The van der Waals surface area contributed by atoms with Gasteiger partial charge >= 0.3 is 5.97 Å². The summed E-state index contributed by atoms with van der Waals surface area (Å²) in [6, 6.07) is 5.01. The molecule has 0 heterocycles. The van der Waals surface area contributed by atoms with Crippen molar-refractivity contribution in [2.24, 2.45) is 5.92 Å². The van der Waals surface area contributed by atoms with Crippen molar-refractivity contribution in [1.29, 1.82) is 0 Å². The summed E-state index contributed by atoms with van der Waals surface area (Å²) in [5, 5.41) is 17.7. The van der Waals surface area contributed by atoms with Gasteiger partial charge in [0.05, 0.1) is 4.90 Å². The molecule has 0 fully saturated rings. The Morgan fingerprint density at radius 3 is 2.24 bits per heavy atom. The summed E-state index contributed by atoms with van der Waals surface area (Å²) >= 11 is 0. The maximum atomic E-state index is 12.1. The topological polar surface area (TPSA) is 104 Å². The van der Waals surface area contributed by atoms with Crippen LogP contribution in [0.2, 0.25) is 0 Å². The smallest absolute Gasteiger partial charge is 0.321 e. The monoisotopic (exact) mass is 315 g/mol. The Morgan fingerprint density at radius 1 is 1.24 bits per heavy atom. The van der Waals surface area contributed by atoms with Gasteiger partial charge in [0, 0.05) is 6.61 Å². The summed E-state index contributed by atoms with van der Waals surface area (Å²) in [7, 11) is -3.91. The third-order valence-corrected chi connectivity index (χ3v) is 4.38. The average Bonchev–Trinajstić information content (AvgIpc) is 2.37. The lowest BCUT2D eigenvalue weighted by atomic mass is 10.0. The third kappa shape index (κ3) is 5.45. The van der Waals surface area contributed by atoms with E-state index in [1.807, 2.05) is 0 Å². The second kappa shape index (κ2) is 7.53. The molecule has 1 atom stereocenters. The van der Waals surface area contributed by atoms with Gasteiger partial charge in [0.1, 0.15) is 6.04 Å². The molecule has 1 aromatic carbocycles. The lowest BCUT2D eigenvalue weighted by Crippen LogP contribution is -2.41. The lowest BCUT2D eigenvalue weighted by Gasteiger charge is -2.14. The number of hydrogen-bond acceptors (Lipinski definition) is 4. The second-order valence-corrected chi connectivity index (χ2v) is 6.98. The van der Waals surface area contributed by atoms with E-state index < -0.39 is 28.6 Å². The van der Waals surface area contributed by atoms with Crippen molar-refractivity contribution < 1.29 is 23.4 Å². The van der Waals surface area contributed by atoms with Gasteiger partial charge in [-0.1, -0.05) is 26.0 Å². The van der Waals surface area contributed by atoms with Gasteiger partial charge in [0.25, 0.3) is 0 Å². The Kier molecular flexibility index (Phi) is 6.32. The van der Waals surface area contributed by atoms with Crippen LogP contribution in [0.15, 0.2) is 29.2 Å². The number of aliphatic carboxylic acids is 1. The van der Waals surface area contributed by atoms with Gasteiger partial charge in [-0.25, -0.2) is 8.42 Å². The molecule has 118 valence electrons. The van der Waals surface area contributed by atoms with Crippen LogP contribution in [0.5, 0.6) is 0 Å². The number of rotatable bonds is 8. The summed E-state index contributed by atoms with van der Waals surface area (Å²) in [6.45, 7) is 3.73. The Bertz CT molecular complexity index is 566. The first-order valence-corrected chi connectivity index (χ1v) is 8.19. The Morgan fingerprint density at radius 2 is 1.81 bits per heavy atom. The first kappa shape index (κ1) is 17.6. The van der Waals surface area contributed by atoms with Gasteiger partial charge in [-0.3, -0.25) is 4.79 Å². The molecule has 0 aliphatic rings. The van der Waals surface area contributed by atoms with Gasteiger partial charge < -0.3 is 10.2 Å². The summed E-state index contributed by atoms with van der Waals surface area (Å²) in [6.07, 6.45) is 0.663. The van der Waals surface area contributed by atoms with E-state index in [1.165, 1.54) is 12.1 Å². The number of benzene rings is 1. The third-order valence-electron chi connectivity index (χ3n) is 2.89. The van der Waals surface area contributed by atoms with Crippen molar-refractivity contribution in [2.45, 2.75) is 37.6 Å². The highest BCUT2D eigenvalue weighted by molar-refractivity contribution is 7.89. The molecular weight excluding hydrogens is 294 g/mol. The van der Waals surface area contributed by atoms with Crippen LogP contribution in [0, 0.1) is 5.92 Å². The van der Waals surface area contributed by atoms with Crippen LogP contribution in [0.4, 0.5) is 0 Å². The van der Waals surface area contributed by atoms with E-state index in [9.17, 15) is 13.2 Å². The van der Waals surface area contributed by atoms with E-state index in [4.69, 9.17) is 10.2 Å². The van der Waals surface area contributed by atoms with Crippen LogP contribution in [0.25, 0.3) is 0 Å². The Labute approximate surface area is 124 Å². The SMILES string of the molecule is CC(C)Cc1ccc(S(=O)(=O)N[C@@H](CCO)C(=O)O)cc1. The Hall–Kier alpha value is -1.44. The number of nitrogens with one attached hydrogen (secondary N) is 1. The molecule has 7 heteroatoms. The summed E-state index contributed by atoms with van der Waals surface area (Å²) in [5.74, 6) is -0.851. The van der Waals surface area contributed by atoms with Gasteiger partial charge in [-0.2, -0.15) is 4.72 Å². The molecule has 3 N–H and O–H groups in total. The fraction of sp³-hybridized carbons (Fsp3) is 0.500. The second-order valence-electron chi connectivity index (χ2n) is 5.27. The molecule has 0 aromatic heterocycles. The molecule has 1 rings (SSSR count). The molecule has 1 aromatic rings. The standard InChI is InChI=1S/C14H21NO5S/c1-10(2)9-11-3-5-12(6-4-11)21(19,20)15-13(7-8-16)14(17)18/h3-6,10,13,15-16H,7-9H2,1-2H3,(H,17,18)/t13-/m0/s1. The zero-order valence-electron chi connectivity index (χ0n) is 12.1. The number of carboxylic acids is 1. The average molecular weight is 315 g/mol. The van der Waals surface area contributed by atoms with Gasteiger partial charge in [-0.05, 0) is 36.5 Å². The molecule has 6 nitrogen and oxygen atoms in total. The highest BCUT2D eigenvalue weighted by atomic mass is 32.2. The quantitative estimate of drug-likeness (QED) is 0.664. The van der Waals surface area contributed by atoms with E-state index in [0.717, 1.165) is 12.0 Å². The van der Waals surface area contributed by atoms with Crippen molar-refractivity contribution in [3.8, 4) is 0 Å². The molecule has 21 heavy (non-hydrogen) atoms. The van der Waals surface area contributed by atoms with Crippen LogP contribution in [0.3, 0.4) is 0 Å². The molecule has 0 bridgehead atoms. The molecule has 0 radical (unpaired) electrons. The molecule has 0 saturated heterocycles.